The number of benzene rings is 1. The van der Waals surface area contributed by atoms with E-state index in [2.05, 4.69) is 15.9 Å². The molecule has 2 nitrogen and oxygen atoms in total. The molecule has 0 radical (unpaired) electrons. The van der Waals surface area contributed by atoms with E-state index in [1.165, 1.54) is 0 Å². The van der Waals surface area contributed by atoms with Crippen molar-refractivity contribution < 1.29 is 9.15 Å². The van der Waals surface area contributed by atoms with Gasteiger partial charge < -0.3 is 9.15 Å². The van der Waals surface area contributed by atoms with Gasteiger partial charge in [0, 0.05) is 5.56 Å². The molecule has 0 fully saturated rings. The summed E-state index contributed by atoms with van der Waals surface area (Å²) in [6.07, 6.45) is 1.79. The van der Waals surface area contributed by atoms with Gasteiger partial charge in [0.1, 0.15) is 5.75 Å². The topological polar surface area (TPSA) is 22.4 Å². The van der Waals surface area contributed by atoms with Crippen LogP contribution in [-0.2, 0) is 0 Å². The minimum absolute atomic E-state index is 0.172. The third kappa shape index (κ3) is 3.09. The molecule has 1 heterocycles. The first-order valence-electron chi connectivity index (χ1n) is 5.71. The van der Waals surface area contributed by atoms with Crippen LogP contribution in [0.5, 0.6) is 5.75 Å². The first-order chi connectivity index (χ1) is 8.58. The molecular formula is C14H14BrClO2. The molecule has 96 valence electrons. The Hall–Kier alpha value is -0.930. The first-order valence-corrected chi connectivity index (χ1v) is 6.94. The lowest BCUT2D eigenvalue weighted by atomic mass is 10.1. The second kappa shape index (κ2) is 5.81. The fourth-order valence-corrected chi connectivity index (χ4v) is 2.57. The minimum Gasteiger partial charge on any atom is -0.491 e. The third-order valence-electron chi connectivity index (χ3n) is 2.46. The van der Waals surface area contributed by atoms with Gasteiger partial charge in [0.25, 0.3) is 0 Å². The zero-order valence-corrected chi connectivity index (χ0v) is 12.5. The highest BCUT2D eigenvalue weighted by Gasteiger charge is 2.16. The molecule has 0 saturated heterocycles. The summed E-state index contributed by atoms with van der Waals surface area (Å²) >= 11 is 9.74. The monoisotopic (exact) mass is 328 g/mol. The van der Waals surface area contributed by atoms with Gasteiger partial charge in [-0.2, -0.15) is 0 Å². The second-order valence-electron chi connectivity index (χ2n) is 4.25. The molecule has 4 heteroatoms. The molecule has 0 amide bonds. The first kappa shape index (κ1) is 13.5. The van der Waals surface area contributed by atoms with Crippen LogP contribution in [0.3, 0.4) is 0 Å². The van der Waals surface area contributed by atoms with Crippen molar-refractivity contribution in [2.75, 3.05) is 0 Å². The Labute approximate surface area is 120 Å². The van der Waals surface area contributed by atoms with E-state index in [1.807, 2.05) is 44.2 Å². The fraction of sp³-hybridized carbons (Fsp3) is 0.286. The summed E-state index contributed by atoms with van der Waals surface area (Å²) in [7, 11) is 0. The predicted octanol–water partition coefficient (Wildman–Crippen LogP) is 5.16. The standard InChI is InChI=1S/C14H14BrClO2/c1-9(2)18-11-5-3-10(4-6-11)13(16)12-7-8-17-14(12)15/h3-9,13H,1-2H3. The lowest BCUT2D eigenvalue weighted by Crippen LogP contribution is -2.05. The highest BCUT2D eigenvalue weighted by molar-refractivity contribution is 9.10. The molecule has 2 aromatic rings. The summed E-state index contributed by atoms with van der Waals surface area (Å²) in [5.41, 5.74) is 1.93. The Bertz CT molecular complexity index is 505. The van der Waals surface area contributed by atoms with Crippen LogP contribution in [0, 0.1) is 0 Å². The number of halogens is 2. The quantitative estimate of drug-likeness (QED) is 0.723. The number of alkyl halides is 1. The largest absolute Gasteiger partial charge is 0.491 e. The van der Waals surface area contributed by atoms with Crippen molar-refractivity contribution in [3.05, 3.63) is 52.4 Å². The SMILES string of the molecule is CC(C)Oc1ccc(C(Cl)c2ccoc2Br)cc1. The molecule has 0 aliphatic heterocycles. The minimum atomic E-state index is -0.230. The van der Waals surface area contributed by atoms with Crippen molar-refractivity contribution >= 4 is 27.5 Å². The van der Waals surface area contributed by atoms with E-state index in [9.17, 15) is 0 Å². The molecule has 1 unspecified atom stereocenters. The van der Waals surface area contributed by atoms with Gasteiger partial charge in [-0.05, 0) is 53.5 Å². The summed E-state index contributed by atoms with van der Waals surface area (Å²) in [5.74, 6) is 0.851. The highest BCUT2D eigenvalue weighted by Crippen LogP contribution is 2.35. The van der Waals surface area contributed by atoms with Crippen molar-refractivity contribution in [2.45, 2.75) is 25.3 Å². The summed E-state index contributed by atoms with van der Waals surface area (Å²) in [4.78, 5) is 0. The molecular weight excluding hydrogens is 316 g/mol. The van der Waals surface area contributed by atoms with E-state index in [1.54, 1.807) is 6.26 Å². The van der Waals surface area contributed by atoms with Crippen molar-refractivity contribution in [2.24, 2.45) is 0 Å². The Kier molecular flexibility index (Phi) is 4.36. The fourth-order valence-electron chi connectivity index (χ4n) is 1.65. The van der Waals surface area contributed by atoms with Crippen LogP contribution in [0.25, 0.3) is 0 Å². The van der Waals surface area contributed by atoms with E-state index in [4.69, 9.17) is 20.8 Å². The summed E-state index contributed by atoms with van der Waals surface area (Å²) < 4.78 is 11.5. The van der Waals surface area contributed by atoms with E-state index in [0.29, 0.717) is 4.67 Å². The maximum absolute atomic E-state index is 6.41. The lowest BCUT2D eigenvalue weighted by molar-refractivity contribution is 0.242. The highest BCUT2D eigenvalue weighted by atomic mass is 79.9. The van der Waals surface area contributed by atoms with Gasteiger partial charge in [-0.25, -0.2) is 0 Å². The van der Waals surface area contributed by atoms with E-state index >= 15 is 0 Å². The number of hydrogen-bond donors (Lipinski definition) is 0. The van der Waals surface area contributed by atoms with Crippen LogP contribution in [0.1, 0.15) is 30.4 Å². The van der Waals surface area contributed by atoms with Gasteiger partial charge in [0.2, 0.25) is 0 Å². The smallest absolute Gasteiger partial charge is 0.173 e. The van der Waals surface area contributed by atoms with Crippen molar-refractivity contribution in [1.29, 1.82) is 0 Å². The van der Waals surface area contributed by atoms with Crippen molar-refractivity contribution in [1.82, 2.24) is 0 Å². The van der Waals surface area contributed by atoms with Crippen molar-refractivity contribution in [3.63, 3.8) is 0 Å². The zero-order chi connectivity index (χ0) is 13.1. The molecule has 1 atom stereocenters. The van der Waals surface area contributed by atoms with E-state index < -0.39 is 0 Å². The summed E-state index contributed by atoms with van der Waals surface area (Å²) in [6, 6.07) is 9.65. The van der Waals surface area contributed by atoms with Gasteiger partial charge in [0.15, 0.2) is 4.67 Å². The molecule has 18 heavy (non-hydrogen) atoms. The third-order valence-corrected chi connectivity index (χ3v) is 3.60. The summed E-state index contributed by atoms with van der Waals surface area (Å²) in [6.45, 7) is 4.00. The molecule has 1 aromatic carbocycles. The molecule has 0 bridgehead atoms. The molecule has 0 spiro atoms. The lowest BCUT2D eigenvalue weighted by Gasteiger charge is -2.12. The summed E-state index contributed by atoms with van der Waals surface area (Å²) in [5, 5.41) is -0.230. The molecule has 2 rings (SSSR count). The van der Waals surface area contributed by atoms with Crippen molar-refractivity contribution in [3.8, 4) is 5.75 Å². The number of ether oxygens (including phenoxy) is 1. The number of hydrogen-bond acceptors (Lipinski definition) is 2. The average molecular weight is 330 g/mol. The van der Waals surface area contributed by atoms with E-state index in [0.717, 1.165) is 16.9 Å². The van der Waals surface area contributed by atoms with Crippen LogP contribution in [-0.4, -0.2) is 6.10 Å². The Balaban J connectivity index is 2.17. The Morgan fingerprint density at radius 1 is 1.17 bits per heavy atom. The molecule has 0 saturated carbocycles. The van der Waals surface area contributed by atoms with Gasteiger partial charge in [-0.15, -0.1) is 11.6 Å². The maximum Gasteiger partial charge on any atom is 0.173 e. The Morgan fingerprint density at radius 2 is 1.83 bits per heavy atom. The molecule has 1 aromatic heterocycles. The van der Waals surface area contributed by atoms with Gasteiger partial charge in [-0.1, -0.05) is 12.1 Å². The molecule has 0 aliphatic rings. The van der Waals surface area contributed by atoms with Crippen LogP contribution in [0.4, 0.5) is 0 Å². The van der Waals surface area contributed by atoms with Crippen LogP contribution >= 0.6 is 27.5 Å². The number of furan rings is 1. The zero-order valence-electron chi connectivity index (χ0n) is 10.2. The van der Waals surface area contributed by atoms with Gasteiger partial charge in [0.05, 0.1) is 17.7 Å². The number of rotatable bonds is 4. The van der Waals surface area contributed by atoms with Gasteiger partial charge in [-0.3, -0.25) is 0 Å². The predicted molar refractivity (Wildman–Crippen MR) is 76.3 cm³/mol. The second-order valence-corrected chi connectivity index (χ2v) is 5.40. The Morgan fingerprint density at radius 3 is 2.33 bits per heavy atom. The average Bonchev–Trinajstić information content (AvgIpc) is 2.75. The normalized spacial score (nSPS) is 12.7. The van der Waals surface area contributed by atoms with Crippen LogP contribution < -0.4 is 4.74 Å². The van der Waals surface area contributed by atoms with Crippen LogP contribution in [0.2, 0.25) is 0 Å². The van der Waals surface area contributed by atoms with E-state index in [-0.39, 0.29) is 11.5 Å². The molecule has 0 N–H and O–H groups in total. The maximum atomic E-state index is 6.41. The van der Waals surface area contributed by atoms with Crippen LogP contribution in [0.15, 0.2) is 45.7 Å². The molecule has 0 aliphatic carbocycles. The van der Waals surface area contributed by atoms with Gasteiger partial charge >= 0.3 is 0 Å².